The van der Waals surface area contributed by atoms with Crippen molar-refractivity contribution in [3.63, 3.8) is 0 Å². The zero-order valence-electron chi connectivity index (χ0n) is 19.7. The lowest BCUT2D eigenvalue weighted by Gasteiger charge is -2.19. The van der Waals surface area contributed by atoms with Crippen LogP contribution in [0, 0.1) is 5.92 Å². The molecule has 0 aliphatic carbocycles. The van der Waals surface area contributed by atoms with Gasteiger partial charge in [0.1, 0.15) is 5.78 Å². The van der Waals surface area contributed by atoms with Crippen LogP contribution in [0.5, 0.6) is 0 Å². The van der Waals surface area contributed by atoms with E-state index in [1.54, 1.807) is 30.3 Å². The number of allylic oxidation sites excluding steroid dienone is 1. The molecule has 0 aliphatic rings. The maximum absolute atomic E-state index is 12.4. The number of hydrogen-bond acceptors (Lipinski definition) is 7. The van der Waals surface area contributed by atoms with Crippen molar-refractivity contribution in [2.45, 2.75) is 31.8 Å². The van der Waals surface area contributed by atoms with Crippen LogP contribution >= 0.6 is 0 Å². The topological polar surface area (TPSA) is 145 Å². The van der Waals surface area contributed by atoms with E-state index in [4.69, 9.17) is 0 Å². The van der Waals surface area contributed by atoms with Gasteiger partial charge in [0.05, 0.1) is 37.6 Å². The van der Waals surface area contributed by atoms with Gasteiger partial charge >= 0.3 is 0 Å². The Hall–Kier alpha value is -2.89. The van der Waals surface area contributed by atoms with E-state index in [1.165, 1.54) is 0 Å². The fourth-order valence-electron chi connectivity index (χ4n) is 3.26. The number of aliphatic hydroxyl groups is 2. The maximum Gasteiger partial charge on any atom is 0.226 e. The van der Waals surface area contributed by atoms with Crippen LogP contribution in [-0.4, -0.2) is 56.2 Å². The Morgan fingerprint density at radius 1 is 0.971 bits per heavy atom. The minimum atomic E-state index is -3.77. The van der Waals surface area contributed by atoms with E-state index in [1.807, 2.05) is 31.2 Å². The van der Waals surface area contributed by atoms with Gasteiger partial charge in [-0.2, -0.15) is 4.72 Å². The van der Waals surface area contributed by atoms with Crippen LogP contribution in [0.2, 0.25) is 0 Å². The van der Waals surface area contributed by atoms with Gasteiger partial charge in [0.15, 0.2) is 0 Å². The normalized spacial score (nSPS) is 13.1. The summed E-state index contributed by atoms with van der Waals surface area (Å²) >= 11 is 0. The number of amides is 1. The fourth-order valence-corrected chi connectivity index (χ4v) is 4.57. The van der Waals surface area contributed by atoms with Crippen LogP contribution in [0.1, 0.15) is 30.0 Å². The molecule has 10 heteroatoms. The van der Waals surface area contributed by atoms with Crippen molar-refractivity contribution in [3.05, 3.63) is 77.9 Å². The van der Waals surface area contributed by atoms with Crippen molar-refractivity contribution >= 4 is 27.3 Å². The molecule has 5 N–H and O–H groups in total. The third-order valence-corrected chi connectivity index (χ3v) is 6.59. The Morgan fingerprint density at radius 2 is 1.63 bits per heavy atom. The molecule has 0 saturated carbocycles. The van der Waals surface area contributed by atoms with Gasteiger partial charge in [-0.1, -0.05) is 66.7 Å². The van der Waals surface area contributed by atoms with Gasteiger partial charge in [-0.15, -0.1) is 0 Å². The standard InChI is InChI=1S/C25H33N3O6S/c1-18(2)21-10-8-19(9-11-21)13-27-25(32)22(15-29)12-23(31)14-26-24(16-30)28-35(33,34)17-20-6-4-3-5-7-20/h3-11,22,24,26,28-30H,1,12-17H2,2H3,(H,27,32)/t22?,24-/m0/s1. The Balaban J connectivity index is 1.81. The number of ketones is 1. The Morgan fingerprint density at radius 3 is 2.20 bits per heavy atom. The molecule has 0 radical (unpaired) electrons. The SMILES string of the molecule is C=C(C)c1ccc(CNC(=O)C(CO)CC(=O)CN[C@H](CO)NS(=O)(=O)Cc2ccccc2)cc1. The molecule has 0 saturated heterocycles. The average molecular weight is 504 g/mol. The lowest BCUT2D eigenvalue weighted by atomic mass is 10.0. The van der Waals surface area contributed by atoms with E-state index < -0.39 is 47.0 Å². The number of nitrogens with one attached hydrogen (secondary N) is 3. The van der Waals surface area contributed by atoms with Crippen LogP contribution in [-0.2, 0) is 31.9 Å². The molecule has 2 rings (SSSR count). The van der Waals surface area contributed by atoms with E-state index >= 15 is 0 Å². The smallest absolute Gasteiger partial charge is 0.226 e. The first-order chi connectivity index (χ1) is 16.6. The predicted octanol–water partition coefficient (Wildman–Crippen LogP) is 0.931. The monoisotopic (exact) mass is 503 g/mol. The number of carbonyl (C=O) groups is 2. The first-order valence-electron chi connectivity index (χ1n) is 11.2. The number of sulfonamides is 1. The van der Waals surface area contributed by atoms with Gasteiger partial charge in [0, 0.05) is 13.0 Å². The molecule has 0 aliphatic heterocycles. The highest BCUT2D eigenvalue weighted by molar-refractivity contribution is 7.88. The second kappa shape index (κ2) is 13.9. The van der Waals surface area contributed by atoms with Crippen LogP contribution < -0.4 is 15.4 Å². The number of benzene rings is 2. The highest BCUT2D eigenvalue weighted by Crippen LogP contribution is 2.12. The summed E-state index contributed by atoms with van der Waals surface area (Å²) in [6.07, 6.45) is -1.31. The Kier molecular flexibility index (Phi) is 11.2. The second-order valence-electron chi connectivity index (χ2n) is 8.30. The molecule has 1 unspecified atom stereocenters. The molecule has 2 aromatic carbocycles. The van der Waals surface area contributed by atoms with Crippen LogP contribution in [0.3, 0.4) is 0 Å². The van der Waals surface area contributed by atoms with Gasteiger partial charge in [0.2, 0.25) is 15.9 Å². The molecule has 0 spiro atoms. The summed E-state index contributed by atoms with van der Waals surface area (Å²) in [5.41, 5.74) is 3.37. The zero-order chi connectivity index (χ0) is 25.8. The Labute approximate surface area is 206 Å². The average Bonchev–Trinajstić information content (AvgIpc) is 2.84. The van der Waals surface area contributed by atoms with Crippen molar-refractivity contribution in [2.75, 3.05) is 19.8 Å². The molecule has 2 aromatic rings. The van der Waals surface area contributed by atoms with Crippen molar-refractivity contribution in [1.29, 1.82) is 0 Å². The van der Waals surface area contributed by atoms with Crippen molar-refractivity contribution in [1.82, 2.24) is 15.4 Å². The molecular formula is C25H33N3O6S. The first kappa shape index (κ1) is 28.3. The van der Waals surface area contributed by atoms with Gasteiger partial charge in [-0.25, -0.2) is 8.42 Å². The van der Waals surface area contributed by atoms with E-state index in [0.717, 1.165) is 16.7 Å². The minimum absolute atomic E-state index is 0.237. The lowest BCUT2D eigenvalue weighted by molar-refractivity contribution is -0.130. The summed E-state index contributed by atoms with van der Waals surface area (Å²) in [6, 6.07) is 16.1. The molecule has 0 bridgehead atoms. The van der Waals surface area contributed by atoms with E-state index in [0.29, 0.717) is 5.56 Å². The maximum atomic E-state index is 12.4. The summed E-state index contributed by atoms with van der Waals surface area (Å²) < 4.78 is 27.0. The lowest BCUT2D eigenvalue weighted by Crippen LogP contribution is -2.49. The van der Waals surface area contributed by atoms with E-state index in [9.17, 15) is 28.2 Å². The Bertz CT molecular complexity index is 1090. The summed E-state index contributed by atoms with van der Waals surface area (Å²) in [5.74, 6) is -2.10. The number of carbonyl (C=O) groups excluding carboxylic acids is 2. The summed E-state index contributed by atoms with van der Waals surface area (Å²) in [4.78, 5) is 24.8. The molecule has 9 nitrogen and oxygen atoms in total. The molecule has 1 amide bonds. The summed E-state index contributed by atoms with van der Waals surface area (Å²) in [5, 5.41) is 24.4. The second-order valence-corrected chi connectivity index (χ2v) is 10.0. The highest BCUT2D eigenvalue weighted by atomic mass is 32.2. The quantitative estimate of drug-likeness (QED) is 0.227. The third kappa shape index (κ3) is 10.1. The van der Waals surface area contributed by atoms with Crippen molar-refractivity contribution in [2.24, 2.45) is 5.92 Å². The van der Waals surface area contributed by atoms with E-state index in [2.05, 4.69) is 21.9 Å². The molecule has 2 atom stereocenters. The summed E-state index contributed by atoms with van der Waals surface area (Å²) in [6.45, 7) is 4.64. The molecule has 0 heterocycles. The third-order valence-electron chi connectivity index (χ3n) is 5.23. The number of hydrogen-bond donors (Lipinski definition) is 5. The fraction of sp³-hybridized carbons (Fsp3) is 0.360. The number of Topliss-reactive ketones (excluding diaryl/α,β-unsaturated/α-hetero) is 1. The minimum Gasteiger partial charge on any atom is -0.396 e. The molecular weight excluding hydrogens is 470 g/mol. The van der Waals surface area contributed by atoms with Gasteiger partial charge in [0.25, 0.3) is 0 Å². The van der Waals surface area contributed by atoms with Gasteiger partial charge in [-0.05, 0) is 23.6 Å². The van der Waals surface area contributed by atoms with Crippen molar-refractivity contribution < 1.29 is 28.2 Å². The number of aliphatic hydroxyl groups excluding tert-OH is 2. The molecule has 35 heavy (non-hydrogen) atoms. The van der Waals surface area contributed by atoms with E-state index in [-0.39, 0.29) is 25.3 Å². The van der Waals surface area contributed by atoms with Gasteiger partial charge < -0.3 is 15.5 Å². The van der Waals surface area contributed by atoms with Crippen LogP contribution in [0.4, 0.5) is 0 Å². The van der Waals surface area contributed by atoms with Crippen LogP contribution in [0.25, 0.3) is 5.57 Å². The number of rotatable bonds is 15. The van der Waals surface area contributed by atoms with Gasteiger partial charge in [-0.3, -0.25) is 14.9 Å². The zero-order valence-corrected chi connectivity index (χ0v) is 20.6. The molecule has 0 fully saturated rings. The summed E-state index contributed by atoms with van der Waals surface area (Å²) in [7, 11) is -3.77. The predicted molar refractivity (Wildman–Crippen MR) is 134 cm³/mol. The van der Waals surface area contributed by atoms with Crippen LogP contribution in [0.15, 0.2) is 61.2 Å². The molecule has 190 valence electrons. The highest BCUT2D eigenvalue weighted by Gasteiger charge is 2.23. The molecule has 0 aromatic heterocycles. The largest absolute Gasteiger partial charge is 0.396 e. The van der Waals surface area contributed by atoms with Crippen molar-refractivity contribution in [3.8, 4) is 0 Å². The first-order valence-corrected chi connectivity index (χ1v) is 12.8.